The molecule has 6 heteroatoms. The summed E-state index contributed by atoms with van der Waals surface area (Å²) in [6.45, 7) is -0.0592. The van der Waals surface area contributed by atoms with E-state index in [1.165, 1.54) is 20.3 Å². The van der Waals surface area contributed by atoms with Gasteiger partial charge in [-0.3, -0.25) is 10.1 Å². The van der Waals surface area contributed by atoms with E-state index in [-0.39, 0.29) is 12.3 Å². The lowest BCUT2D eigenvalue weighted by Crippen LogP contribution is -2.14. The number of nitro groups is 1. The lowest BCUT2D eigenvalue weighted by atomic mass is 10.1. The van der Waals surface area contributed by atoms with Gasteiger partial charge in [0.15, 0.2) is 6.61 Å². The standard InChI is InChI=1S/C11H11NO5/c1-15-8-4-10(16-2)9-3-7(12(13)14)6-17-11(9)5-8/h3-5H,6H2,1-2H3. The molecule has 1 aromatic rings. The number of hydrogen-bond acceptors (Lipinski definition) is 5. The Morgan fingerprint density at radius 2 is 2.12 bits per heavy atom. The molecule has 0 amide bonds. The van der Waals surface area contributed by atoms with Crippen LogP contribution in [0.1, 0.15) is 5.56 Å². The van der Waals surface area contributed by atoms with E-state index < -0.39 is 4.92 Å². The zero-order valence-electron chi connectivity index (χ0n) is 9.43. The lowest BCUT2D eigenvalue weighted by molar-refractivity contribution is -0.427. The van der Waals surface area contributed by atoms with Crippen molar-refractivity contribution in [1.29, 1.82) is 0 Å². The van der Waals surface area contributed by atoms with Gasteiger partial charge in [-0.2, -0.15) is 0 Å². The molecule has 0 aliphatic carbocycles. The third-order valence-electron chi connectivity index (χ3n) is 2.45. The molecule has 1 aliphatic heterocycles. The second-order valence-corrected chi connectivity index (χ2v) is 3.42. The zero-order chi connectivity index (χ0) is 12.4. The highest BCUT2D eigenvalue weighted by molar-refractivity contribution is 5.69. The maximum absolute atomic E-state index is 10.7. The number of hydrogen-bond donors (Lipinski definition) is 0. The molecular formula is C11H11NO5. The molecule has 0 N–H and O–H groups in total. The summed E-state index contributed by atoms with van der Waals surface area (Å²) in [5.74, 6) is 1.59. The molecule has 0 saturated carbocycles. The fourth-order valence-corrected chi connectivity index (χ4v) is 1.59. The van der Waals surface area contributed by atoms with Crippen LogP contribution in [0.15, 0.2) is 17.8 Å². The predicted octanol–water partition coefficient (Wildman–Crippen LogP) is 1.71. The number of nitrogens with zero attached hydrogens (tertiary/aromatic N) is 1. The number of methoxy groups -OCH3 is 2. The Morgan fingerprint density at radius 1 is 1.35 bits per heavy atom. The van der Waals surface area contributed by atoms with Crippen molar-refractivity contribution in [2.24, 2.45) is 0 Å². The molecule has 0 bridgehead atoms. The molecule has 17 heavy (non-hydrogen) atoms. The summed E-state index contributed by atoms with van der Waals surface area (Å²) in [5.41, 5.74) is 0.562. The summed E-state index contributed by atoms with van der Waals surface area (Å²) < 4.78 is 15.6. The Morgan fingerprint density at radius 3 is 2.71 bits per heavy atom. The third-order valence-corrected chi connectivity index (χ3v) is 2.45. The van der Waals surface area contributed by atoms with E-state index >= 15 is 0 Å². The molecule has 0 unspecified atom stereocenters. The van der Waals surface area contributed by atoms with E-state index in [1.54, 1.807) is 12.1 Å². The number of benzene rings is 1. The van der Waals surface area contributed by atoms with Crippen molar-refractivity contribution < 1.29 is 19.1 Å². The van der Waals surface area contributed by atoms with E-state index in [2.05, 4.69) is 0 Å². The van der Waals surface area contributed by atoms with Gasteiger partial charge in [0.25, 0.3) is 5.70 Å². The first kappa shape index (κ1) is 11.3. The van der Waals surface area contributed by atoms with E-state index in [0.29, 0.717) is 22.8 Å². The first-order chi connectivity index (χ1) is 8.15. The summed E-state index contributed by atoms with van der Waals surface area (Å²) in [6, 6.07) is 3.33. The Balaban J connectivity index is 2.54. The van der Waals surface area contributed by atoms with Gasteiger partial charge in [0.1, 0.15) is 17.2 Å². The highest BCUT2D eigenvalue weighted by atomic mass is 16.6. The topological polar surface area (TPSA) is 70.8 Å². The molecule has 1 heterocycles. The predicted molar refractivity (Wildman–Crippen MR) is 60.0 cm³/mol. The summed E-state index contributed by atoms with van der Waals surface area (Å²) >= 11 is 0. The molecule has 2 rings (SSSR count). The van der Waals surface area contributed by atoms with E-state index in [1.807, 2.05) is 0 Å². The van der Waals surface area contributed by atoms with Crippen LogP contribution in [0.5, 0.6) is 17.2 Å². The van der Waals surface area contributed by atoms with Gasteiger partial charge in [0.2, 0.25) is 0 Å². The van der Waals surface area contributed by atoms with Crippen LogP contribution < -0.4 is 14.2 Å². The Hall–Kier alpha value is -2.24. The smallest absolute Gasteiger partial charge is 0.284 e. The second kappa shape index (κ2) is 4.32. The average Bonchev–Trinajstić information content (AvgIpc) is 2.36. The lowest BCUT2D eigenvalue weighted by Gasteiger charge is -2.17. The first-order valence-electron chi connectivity index (χ1n) is 4.89. The van der Waals surface area contributed by atoms with Crippen molar-refractivity contribution in [2.45, 2.75) is 0 Å². The minimum atomic E-state index is -0.466. The van der Waals surface area contributed by atoms with E-state index in [0.717, 1.165) is 0 Å². The van der Waals surface area contributed by atoms with Crippen LogP contribution in [0.3, 0.4) is 0 Å². The molecule has 0 aromatic heterocycles. The van der Waals surface area contributed by atoms with E-state index in [9.17, 15) is 10.1 Å². The largest absolute Gasteiger partial charge is 0.496 e. The van der Waals surface area contributed by atoms with Crippen LogP contribution >= 0.6 is 0 Å². The van der Waals surface area contributed by atoms with Crippen molar-refractivity contribution >= 4 is 6.08 Å². The van der Waals surface area contributed by atoms with Gasteiger partial charge in [0.05, 0.1) is 24.7 Å². The van der Waals surface area contributed by atoms with Gasteiger partial charge in [-0.25, -0.2) is 0 Å². The second-order valence-electron chi connectivity index (χ2n) is 3.42. The van der Waals surface area contributed by atoms with Crippen LogP contribution in [-0.2, 0) is 0 Å². The van der Waals surface area contributed by atoms with Crippen LogP contribution in [0.25, 0.3) is 6.08 Å². The highest BCUT2D eigenvalue weighted by Crippen LogP contribution is 2.38. The molecule has 0 spiro atoms. The van der Waals surface area contributed by atoms with Crippen molar-refractivity contribution in [3.05, 3.63) is 33.5 Å². The fourth-order valence-electron chi connectivity index (χ4n) is 1.59. The van der Waals surface area contributed by atoms with Gasteiger partial charge < -0.3 is 14.2 Å². The zero-order valence-corrected chi connectivity index (χ0v) is 9.43. The molecule has 0 fully saturated rings. The van der Waals surface area contributed by atoms with Gasteiger partial charge in [0, 0.05) is 18.2 Å². The molecule has 6 nitrogen and oxygen atoms in total. The number of rotatable bonds is 3. The molecule has 0 saturated heterocycles. The first-order valence-corrected chi connectivity index (χ1v) is 4.89. The maximum atomic E-state index is 10.7. The molecule has 0 atom stereocenters. The maximum Gasteiger partial charge on any atom is 0.284 e. The average molecular weight is 237 g/mol. The van der Waals surface area contributed by atoms with Gasteiger partial charge >= 0.3 is 0 Å². The monoisotopic (exact) mass is 237 g/mol. The molecule has 1 aliphatic rings. The highest BCUT2D eigenvalue weighted by Gasteiger charge is 2.23. The van der Waals surface area contributed by atoms with Crippen molar-refractivity contribution in [2.75, 3.05) is 20.8 Å². The minimum absolute atomic E-state index is 0.000895. The Kier molecular flexibility index (Phi) is 2.86. The van der Waals surface area contributed by atoms with Crippen LogP contribution in [-0.4, -0.2) is 25.7 Å². The summed E-state index contributed by atoms with van der Waals surface area (Å²) in [5, 5.41) is 10.7. The summed E-state index contributed by atoms with van der Waals surface area (Å²) in [7, 11) is 3.02. The molecule has 1 aromatic carbocycles. The van der Waals surface area contributed by atoms with Gasteiger partial charge in [-0.05, 0) is 0 Å². The van der Waals surface area contributed by atoms with Crippen molar-refractivity contribution in [1.82, 2.24) is 0 Å². The molecule has 0 radical (unpaired) electrons. The van der Waals surface area contributed by atoms with Crippen LogP contribution in [0.4, 0.5) is 0 Å². The van der Waals surface area contributed by atoms with Crippen molar-refractivity contribution in [3.8, 4) is 17.2 Å². The van der Waals surface area contributed by atoms with E-state index in [4.69, 9.17) is 14.2 Å². The Bertz CT molecular complexity index is 495. The molecular weight excluding hydrogens is 226 g/mol. The van der Waals surface area contributed by atoms with Gasteiger partial charge in [-0.15, -0.1) is 0 Å². The van der Waals surface area contributed by atoms with Crippen LogP contribution in [0.2, 0.25) is 0 Å². The summed E-state index contributed by atoms with van der Waals surface area (Å²) in [4.78, 5) is 10.2. The Labute approximate surface area is 97.6 Å². The SMILES string of the molecule is COc1cc(OC)c2c(c1)OCC([N+](=O)[O-])=C2. The van der Waals surface area contributed by atoms with Gasteiger partial charge in [-0.1, -0.05) is 0 Å². The quantitative estimate of drug-likeness (QED) is 0.591. The van der Waals surface area contributed by atoms with Crippen LogP contribution in [0, 0.1) is 10.1 Å². The minimum Gasteiger partial charge on any atom is -0.496 e. The summed E-state index contributed by atoms with van der Waals surface area (Å²) in [6.07, 6.45) is 1.46. The normalized spacial score (nSPS) is 13.2. The third kappa shape index (κ3) is 2.01. The van der Waals surface area contributed by atoms with Crippen molar-refractivity contribution in [3.63, 3.8) is 0 Å². The number of ether oxygens (including phenoxy) is 3. The number of fused-ring (bicyclic) bond motifs is 1. The fraction of sp³-hybridized carbons (Fsp3) is 0.273. The molecule has 90 valence electrons.